The van der Waals surface area contributed by atoms with E-state index >= 15 is 0 Å². The van der Waals surface area contributed by atoms with Crippen LogP contribution in [0.1, 0.15) is 29.7 Å². The number of aliphatic hydroxyl groups excluding tert-OH is 2. The molecule has 2 aliphatic rings. The van der Waals surface area contributed by atoms with Gasteiger partial charge in [-0.15, -0.1) is 0 Å². The van der Waals surface area contributed by atoms with Gasteiger partial charge in [0.2, 0.25) is 5.91 Å². The lowest BCUT2D eigenvalue weighted by atomic mass is 10.0. The number of H-pyrrole nitrogens is 2. The quantitative estimate of drug-likeness (QED) is 0.150. The molecule has 0 fully saturated rings. The predicted octanol–water partition coefficient (Wildman–Crippen LogP) is 7.34. The molecule has 8 bridgehead atoms. The highest BCUT2D eigenvalue weighted by molar-refractivity contribution is 5.96. The zero-order chi connectivity index (χ0) is 30.4. The van der Waals surface area contributed by atoms with Crippen molar-refractivity contribution in [2.45, 2.75) is 19.8 Å². The number of carbonyl (C=O) groups is 1. The maximum atomic E-state index is 11.5. The third-order valence-corrected chi connectivity index (χ3v) is 7.79. The summed E-state index contributed by atoms with van der Waals surface area (Å²) in [7, 11) is 1.61. The van der Waals surface area contributed by atoms with Crippen molar-refractivity contribution >= 4 is 45.2 Å². The fraction of sp³-hybridized carbons (Fsp3) is 0.114. The molecule has 0 unspecified atom stereocenters. The Morgan fingerprint density at radius 2 is 1.41 bits per heavy atom. The molecule has 0 saturated heterocycles. The summed E-state index contributed by atoms with van der Waals surface area (Å²) in [6.07, 6.45) is 1.53. The maximum Gasteiger partial charge on any atom is 0.221 e. The summed E-state index contributed by atoms with van der Waals surface area (Å²) in [5.74, 6) is -0.0342. The van der Waals surface area contributed by atoms with Gasteiger partial charge in [-0.1, -0.05) is 24.3 Å². The Kier molecular flexibility index (Phi) is 6.62. The van der Waals surface area contributed by atoms with E-state index < -0.39 is 0 Å². The number of nitrogens with one attached hydrogen (secondary N) is 3. The Balaban J connectivity index is 1.51. The van der Waals surface area contributed by atoms with Gasteiger partial charge in [-0.3, -0.25) is 9.78 Å². The second-order valence-corrected chi connectivity index (χ2v) is 10.8. The molecule has 0 spiro atoms. The van der Waals surface area contributed by atoms with Crippen LogP contribution < -0.4 is 10.1 Å². The number of aromatic nitrogens is 4. The molecule has 9 nitrogen and oxygen atoms in total. The van der Waals surface area contributed by atoms with Crippen LogP contribution in [0.5, 0.6) is 5.75 Å². The molecule has 5 aromatic rings. The van der Waals surface area contributed by atoms with Crippen molar-refractivity contribution in [2.24, 2.45) is 0 Å². The summed E-state index contributed by atoms with van der Waals surface area (Å²) in [5, 5.41) is 25.0. The van der Waals surface area contributed by atoms with E-state index in [9.17, 15) is 15.0 Å². The highest BCUT2D eigenvalue weighted by Gasteiger charge is 2.24. The Labute approximate surface area is 252 Å². The van der Waals surface area contributed by atoms with Gasteiger partial charge in [0.15, 0.2) is 11.5 Å². The van der Waals surface area contributed by atoms with Gasteiger partial charge < -0.3 is 30.2 Å². The number of anilines is 1. The zero-order valence-electron chi connectivity index (χ0n) is 24.1. The molecule has 44 heavy (non-hydrogen) atoms. The van der Waals surface area contributed by atoms with Crippen LogP contribution in [0.2, 0.25) is 0 Å². The van der Waals surface area contributed by atoms with Crippen molar-refractivity contribution in [3.05, 3.63) is 108 Å². The van der Waals surface area contributed by atoms with Crippen molar-refractivity contribution in [3.63, 3.8) is 0 Å². The lowest BCUT2D eigenvalue weighted by Crippen LogP contribution is -2.05. The van der Waals surface area contributed by atoms with Crippen molar-refractivity contribution in [1.29, 1.82) is 0 Å². The number of benzene rings is 2. The third kappa shape index (κ3) is 4.94. The Morgan fingerprint density at radius 3 is 2.09 bits per heavy atom. The molecule has 3 aromatic heterocycles. The van der Waals surface area contributed by atoms with Crippen molar-refractivity contribution in [1.82, 2.24) is 19.9 Å². The highest BCUT2D eigenvalue weighted by atomic mass is 16.5. The summed E-state index contributed by atoms with van der Waals surface area (Å²) in [6, 6.07) is 26.7. The predicted molar refractivity (Wildman–Crippen MR) is 172 cm³/mol. The van der Waals surface area contributed by atoms with Gasteiger partial charge in [0, 0.05) is 51.5 Å². The largest absolute Gasteiger partial charge is 0.503 e. The molecular formula is C35H29N5O4. The van der Waals surface area contributed by atoms with Crippen LogP contribution in [0.4, 0.5) is 5.69 Å². The summed E-state index contributed by atoms with van der Waals surface area (Å²) < 4.78 is 5.34. The molecule has 7 rings (SSSR count). The smallest absolute Gasteiger partial charge is 0.221 e. The standard InChI is InChI=1S/C35H29N5O4/c1-19(41)36-22-7-3-20(4-8-22)31-27-14-9-23(37-27)17-24-10-16-29(38-24)32(21-5-12-26(44-2)13-6-21)33-35(43)34(42)30(40-33)18-25-11-15-28(31)39-25/h3-8,10-13,15-18,38-39,42-43H,9,14H2,1-2H3,(H,36,41). The van der Waals surface area contributed by atoms with Gasteiger partial charge in [0.25, 0.3) is 0 Å². The summed E-state index contributed by atoms with van der Waals surface area (Å²) >= 11 is 0. The monoisotopic (exact) mass is 583 g/mol. The topological polar surface area (TPSA) is 136 Å². The lowest BCUT2D eigenvalue weighted by Gasteiger charge is -2.07. The fourth-order valence-corrected chi connectivity index (χ4v) is 5.74. The van der Waals surface area contributed by atoms with E-state index in [0.29, 0.717) is 22.5 Å². The average Bonchev–Trinajstić information content (AvgIpc) is 3.82. The number of rotatable bonds is 4. The average molecular weight is 584 g/mol. The number of hydrogen-bond donors (Lipinski definition) is 5. The van der Waals surface area contributed by atoms with E-state index in [2.05, 4.69) is 15.3 Å². The zero-order valence-corrected chi connectivity index (χ0v) is 24.1. The number of methoxy groups -OCH3 is 1. The third-order valence-electron chi connectivity index (χ3n) is 7.79. The summed E-state index contributed by atoms with van der Waals surface area (Å²) in [6.45, 7) is 1.48. The highest BCUT2D eigenvalue weighted by Crippen LogP contribution is 2.37. The number of carbonyl (C=O) groups excluding carboxylic acids is 1. The van der Waals surface area contributed by atoms with Crippen LogP contribution in [0.25, 0.3) is 55.8 Å². The normalized spacial score (nSPS) is 12.8. The van der Waals surface area contributed by atoms with Gasteiger partial charge in [-0.25, -0.2) is 4.98 Å². The first-order chi connectivity index (χ1) is 21.4. The minimum atomic E-state index is -0.304. The van der Waals surface area contributed by atoms with E-state index in [-0.39, 0.29) is 28.8 Å². The summed E-state index contributed by atoms with van der Waals surface area (Å²) in [5.41, 5.74) is 9.52. The van der Waals surface area contributed by atoms with E-state index in [4.69, 9.17) is 14.7 Å². The second kappa shape index (κ2) is 10.8. The Bertz CT molecular complexity index is 2120. The molecule has 5 heterocycles. The van der Waals surface area contributed by atoms with Crippen molar-refractivity contribution < 1.29 is 19.7 Å². The Hall–Kier alpha value is -5.83. The fourth-order valence-electron chi connectivity index (χ4n) is 5.74. The van der Waals surface area contributed by atoms with Crippen LogP contribution in [0, 0.1) is 0 Å². The van der Waals surface area contributed by atoms with Crippen LogP contribution >= 0.6 is 0 Å². The molecule has 2 aromatic carbocycles. The van der Waals surface area contributed by atoms with Crippen LogP contribution in [0.3, 0.4) is 0 Å². The first kappa shape index (κ1) is 27.0. The molecule has 1 amide bonds. The van der Waals surface area contributed by atoms with Crippen LogP contribution in [-0.4, -0.2) is 43.2 Å². The number of fused-ring (bicyclic) bond motifs is 8. The van der Waals surface area contributed by atoms with Gasteiger partial charge in [-0.2, -0.15) is 0 Å². The molecule has 0 saturated carbocycles. The number of aryl methyl sites for hydroxylation is 2. The molecule has 0 aliphatic carbocycles. The SMILES string of the molecule is COc1ccc(-c2c3nc(cc4ccc([nH]4)c(-c4ccc(NC(C)=O)cc4)c4nc(cc5ccc2[nH]5)CC4)C(O)=C3O)cc1. The summed E-state index contributed by atoms with van der Waals surface area (Å²) in [4.78, 5) is 28.2. The first-order valence-corrected chi connectivity index (χ1v) is 14.2. The first-order valence-electron chi connectivity index (χ1n) is 14.2. The van der Waals surface area contributed by atoms with Crippen LogP contribution in [0.15, 0.2) is 84.9 Å². The number of nitrogens with zero attached hydrogens (tertiary/aromatic N) is 2. The van der Waals surface area contributed by atoms with E-state index in [0.717, 1.165) is 57.5 Å². The minimum absolute atomic E-state index is 0.130. The lowest BCUT2D eigenvalue weighted by molar-refractivity contribution is -0.114. The van der Waals surface area contributed by atoms with Gasteiger partial charge in [0.05, 0.1) is 12.8 Å². The van der Waals surface area contributed by atoms with Crippen LogP contribution in [-0.2, 0) is 17.6 Å². The molecule has 9 heteroatoms. The van der Waals surface area contributed by atoms with E-state index in [1.54, 1.807) is 13.2 Å². The van der Waals surface area contributed by atoms with E-state index in [1.165, 1.54) is 6.92 Å². The Morgan fingerprint density at radius 1 is 0.773 bits per heavy atom. The van der Waals surface area contributed by atoms with Gasteiger partial charge >= 0.3 is 0 Å². The number of amides is 1. The number of aromatic amines is 2. The molecule has 5 N–H and O–H groups in total. The minimum Gasteiger partial charge on any atom is -0.503 e. The van der Waals surface area contributed by atoms with E-state index in [1.807, 2.05) is 78.9 Å². The van der Waals surface area contributed by atoms with Crippen molar-refractivity contribution in [2.75, 3.05) is 12.4 Å². The number of hydrogen-bond acceptors (Lipinski definition) is 6. The molecule has 2 aliphatic heterocycles. The maximum absolute atomic E-state index is 11.5. The number of aliphatic hydroxyl groups is 2. The molecule has 218 valence electrons. The molecular weight excluding hydrogens is 554 g/mol. The second-order valence-electron chi connectivity index (χ2n) is 10.8. The molecule has 0 atom stereocenters. The van der Waals surface area contributed by atoms with Gasteiger partial charge in [0.1, 0.15) is 17.1 Å². The number of ether oxygens (including phenoxy) is 1. The van der Waals surface area contributed by atoms with Crippen molar-refractivity contribution in [3.8, 4) is 28.0 Å². The van der Waals surface area contributed by atoms with Gasteiger partial charge in [-0.05, 0) is 84.6 Å². The molecule has 0 radical (unpaired) electrons.